The number of benzene rings is 2. The van der Waals surface area contributed by atoms with Gasteiger partial charge in [0.2, 0.25) is 0 Å². The number of nitrogens with one attached hydrogen (secondary N) is 1. The predicted octanol–water partition coefficient (Wildman–Crippen LogP) is 5.73. The average Bonchev–Trinajstić information content (AvgIpc) is 2.99. The van der Waals surface area contributed by atoms with Crippen molar-refractivity contribution in [1.82, 2.24) is 15.2 Å². The number of aromatic nitrogens is 1. The largest absolute Gasteiger partial charge is 0.465 e. The van der Waals surface area contributed by atoms with E-state index in [-0.39, 0.29) is 39.6 Å². The number of nitrogens with zero attached hydrogens (tertiary/aromatic N) is 4. The lowest BCUT2D eigenvalue weighted by Crippen LogP contribution is -2.48. The molecule has 0 radical (unpaired) electrons. The van der Waals surface area contributed by atoms with Crippen molar-refractivity contribution in [2.75, 3.05) is 31.6 Å². The molecule has 10 heteroatoms. The molecule has 0 bridgehead atoms. The lowest BCUT2D eigenvalue weighted by molar-refractivity contribution is 0.0600. The van der Waals surface area contributed by atoms with Gasteiger partial charge in [0.15, 0.2) is 0 Å². The molecule has 1 amide bonds. The maximum Gasteiger partial charge on any atom is 0.337 e. The highest BCUT2D eigenvalue weighted by atomic mass is 35.5. The fourth-order valence-corrected chi connectivity index (χ4v) is 5.74. The van der Waals surface area contributed by atoms with Gasteiger partial charge in [-0.3, -0.25) is 9.78 Å². The number of likely N-dealkylation sites (tertiary alicyclic amines) is 1. The molecule has 4 rings (SSSR count). The topological polar surface area (TPSA) is 98.6 Å². The number of hydrogen-bond acceptors (Lipinski definition) is 7. The highest BCUT2D eigenvalue weighted by molar-refractivity contribution is 6.39. The Morgan fingerprint density at radius 1 is 1.15 bits per heavy atom. The third-order valence-electron chi connectivity index (χ3n) is 7.52. The van der Waals surface area contributed by atoms with Crippen LogP contribution in [0, 0.1) is 11.3 Å². The molecular formula is C31H33Cl2N5O3. The Morgan fingerprint density at radius 3 is 2.46 bits per heavy atom. The molecule has 2 aromatic carbocycles. The highest BCUT2D eigenvalue weighted by Gasteiger charge is 2.28. The zero-order chi connectivity index (χ0) is 29.4. The minimum absolute atomic E-state index is 0.231. The van der Waals surface area contributed by atoms with Crippen LogP contribution in [-0.4, -0.2) is 60.6 Å². The highest BCUT2D eigenvalue weighted by Crippen LogP contribution is 2.28. The second-order valence-electron chi connectivity index (χ2n) is 10.1. The average molecular weight is 595 g/mol. The van der Waals surface area contributed by atoms with Gasteiger partial charge in [0.05, 0.1) is 39.9 Å². The van der Waals surface area contributed by atoms with Gasteiger partial charge in [-0.15, -0.1) is 0 Å². The van der Waals surface area contributed by atoms with Crippen LogP contribution in [0.3, 0.4) is 0 Å². The van der Waals surface area contributed by atoms with E-state index in [2.05, 4.69) is 33.1 Å². The number of esters is 1. The van der Waals surface area contributed by atoms with E-state index < -0.39 is 0 Å². The van der Waals surface area contributed by atoms with Crippen LogP contribution in [-0.2, 0) is 11.3 Å². The smallest absolute Gasteiger partial charge is 0.337 e. The number of rotatable bonds is 10. The Balaban J connectivity index is 1.38. The third kappa shape index (κ3) is 7.76. The van der Waals surface area contributed by atoms with Gasteiger partial charge in [0.1, 0.15) is 0 Å². The van der Waals surface area contributed by atoms with E-state index in [1.807, 2.05) is 36.4 Å². The molecule has 0 aliphatic carbocycles. The first kappa shape index (κ1) is 30.3. The van der Waals surface area contributed by atoms with Gasteiger partial charge in [-0.2, -0.15) is 5.26 Å². The maximum atomic E-state index is 12.6. The fourth-order valence-electron chi connectivity index (χ4n) is 5.21. The number of piperidine rings is 1. The van der Waals surface area contributed by atoms with Crippen molar-refractivity contribution in [3.8, 4) is 6.07 Å². The minimum atomic E-state index is -0.365. The normalized spacial score (nSPS) is 14.6. The summed E-state index contributed by atoms with van der Waals surface area (Å²) >= 11 is 12.2. The molecule has 1 unspecified atom stereocenters. The van der Waals surface area contributed by atoms with Crippen LogP contribution in [0.4, 0.5) is 5.69 Å². The van der Waals surface area contributed by atoms with E-state index in [0.717, 1.165) is 43.6 Å². The summed E-state index contributed by atoms with van der Waals surface area (Å²) in [5.74, 6) is -0.669. The van der Waals surface area contributed by atoms with E-state index in [4.69, 9.17) is 27.9 Å². The zero-order valence-corrected chi connectivity index (χ0v) is 24.7. The van der Waals surface area contributed by atoms with Crippen LogP contribution >= 0.6 is 23.2 Å². The van der Waals surface area contributed by atoms with Crippen LogP contribution in [0.15, 0.2) is 60.9 Å². The molecule has 1 aromatic heterocycles. The Labute approximate surface area is 250 Å². The number of anilines is 1. The lowest BCUT2D eigenvalue weighted by atomic mass is 9.98. The number of pyridine rings is 1. The number of amides is 1. The van der Waals surface area contributed by atoms with Crippen molar-refractivity contribution in [3.63, 3.8) is 0 Å². The molecular weight excluding hydrogens is 561 g/mol. The standard InChI is InChI=1S/C31H33Cl2N5O3/c1-21(10-13-36-30(39)29-27(32)18-35-19-28(29)33)37-14-11-26(12-15-37)38(20-23-5-3-4-22(16-23)17-34)25-8-6-24(7-9-25)31(40)41-2/h3-9,16,18-19,21,26H,10-15,20H2,1-2H3,(H,36,39). The Bertz CT molecular complexity index is 1380. The summed E-state index contributed by atoms with van der Waals surface area (Å²) in [6, 6.07) is 18.0. The van der Waals surface area contributed by atoms with Crippen molar-refractivity contribution < 1.29 is 14.3 Å². The van der Waals surface area contributed by atoms with E-state index >= 15 is 0 Å². The SMILES string of the molecule is COC(=O)c1ccc(N(Cc2cccc(C#N)c2)C2CCN(C(C)CCNC(=O)c3c(Cl)cncc3Cl)CC2)cc1. The fraction of sp³-hybridized carbons (Fsp3) is 0.355. The maximum absolute atomic E-state index is 12.6. The first-order chi connectivity index (χ1) is 19.8. The van der Waals surface area contributed by atoms with Gasteiger partial charge in [0.25, 0.3) is 5.91 Å². The van der Waals surface area contributed by atoms with Crippen molar-refractivity contribution in [1.29, 1.82) is 5.26 Å². The van der Waals surface area contributed by atoms with Gasteiger partial charge < -0.3 is 19.9 Å². The molecule has 1 aliphatic heterocycles. The monoisotopic (exact) mass is 593 g/mol. The third-order valence-corrected chi connectivity index (χ3v) is 8.09. The Kier molecular flexibility index (Phi) is 10.6. The minimum Gasteiger partial charge on any atom is -0.465 e. The van der Waals surface area contributed by atoms with Crippen molar-refractivity contribution in [2.24, 2.45) is 0 Å². The molecule has 1 fully saturated rings. The molecule has 214 valence electrons. The van der Waals surface area contributed by atoms with Gasteiger partial charge in [-0.05, 0) is 68.1 Å². The number of ether oxygens (including phenoxy) is 1. The van der Waals surface area contributed by atoms with E-state index in [1.54, 1.807) is 12.1 Å². The molecule has 3 aromatic rings. The molecule has 1 saturated heterocycles. The first-order valence-electron chi connectivity index (χ1n) is 13.6. The van der Waals surface area contributed by atoms with Crippen LogP contribution in [0.1, 0.15) is 58.0 Å². The van der Waals surface area contributed by atoms with Crippen LogP contribution in [0.5, 0.6) is 0 Å². The van der Waals surface area contributed by atoms with Crippen molar-refractivity contribution in [3.05, 3.63) is 93.2 Å². The number of methoxy groups -OCH3 is 1. The summed E-state index contributed by atoms with van der Waals surface area (Å²) in [6.07, 6.45) is 5.51. The first-order valence-corrected chi connectivity index (χ1v) is 14.3. The summed E-state index contributed by atoms with van der Waals surface area (Å²) in [5, 5.41) is 12.8. The molecule has 0 spiro atoms. The van der Waals surface area contributed by atoms with Crippen LogP contribution in [0.2, 0.25) is 10.0 Å². The summed E-state index contributed by atoms with van der Waals surface area (Å²) in [5.41, 5.74) is 3.46. The van der Waals surface area contributed by atoms with E-state index in [1.165, 1.54) is 19.5 Å². The van der Waals surface area contributed by atoms with Gasteiger partial charge >= 0.3 is 5.97 Å². The summed E-state index contributed by atoms with van der Waals surface area (Å²) in [4.78, 5) is 33.3. The second kappa shape index (κ2) is 14.3. The Hall–Kier alpha value is -3.64. The van der Waals surface area contributed by atoms with Gasteiger partial charge in [0, 0.05) is 56.3 Å². The zero-order valence-electron chi connectivity index (χ0n) is 23.1. The number of carbonyl (C=O) groups is 2. The van der Waals surface area contributed by atoms with Gasteiger partial charge in [-0.25, -0.2) is 4.79 Å². The lowest BCUT2D eigenvalue weighted by Gasteiger charge is -2.42. The number of carbonyl (C=O) groups excluding carboxylic acids is 2. The quantitative estimate of drug-likeness (QED) is 0.300. The molecule has 1 aliphatic rings. The Morgan fingerprint density at radius 2 is 1.83 bits per heavy atom. The molecule has 1 N–H and O–H groups in total. The summed E-state index contributed by atoms with van der Waals surface area (Å²) in [7, 11) is 1.37. The number of halogens is 2. The van der Waals surface area contributed by atoms with E-state index in [9.17, 15) is 14.9 Å². The number of nitriles is 1. The van der Waals surface area contributed by atoms with Crippen LogP contribution in [0.25, 0.3) is 0 Å². The predicted molar refractivity (Wildman–Crippen MR) is 160 cm³/mol. The summed E-state index contributed by atoms with van der Waals surface area (Å²) < 4.78 is 4.86. The molecule has 1 atom stereocenters. The van der Waals surface area contributed by atoms with Gasteiger partial charge in [-0.1, -0.05) is 35.3 Å². The van der Waals surface area contributed by atoms with E-state index in [0.29, 0.717) is 24.2 Å². The molecule has 8 nitrogen and oxygen atoms in total. The summed E-state index contributed by atoms with van der Waals surface area (Å²) in [6.45, 7) is 5.16. The van der Waals surface area contributed by atoms with Crippen molar-refractivity contribution in [2.45, 2.75) is 44.8 Å². The molecule has 2 heterocycles. The second-order valence-corrected chi connectivity index (χ2v) is 10.9. The molecule has 0 saturated carbocycles. The number of hydrogen-bond donors (Lipinski definition) is 1. The van der Waals surface area contributed by atoms with Crippen LogP contribution < -0.4 is 10.2 Å². The molecule has 41 heavy (non-hydrogen) atoms. The van der Waals surface area contributed by atoms with Crippen molar-refractivity contribution >= 4 is 40.8 Å².